The second-order valence-electron chi connectivity index (χ2n) is 4.02. The highest BCUT2D eigenvalue weighted by Crippen LogP contribution is 2.33. The van der Waals surface area contributed by atoms with Crippen molar-refractivity contribution in [1.29, 1.82) is 0 Å². The van der Waals surface area contributed by atoms with Crippen molar-refractivity contribution in [1.82, 2.24) is 0 Å². The van der Waals surface area contributed by atoms with Gasteiger partial charge in [-0.25, -0.2) is 4.39 Å². The Morgan fingerprint density at radius 2 is 1.88 bits per heavy atom. The van der Waals surface area contributed by atoms with Crippen LogP contribution in [0, 0.1) is 11.7 Å². The van der Waals surface area contributed by atoms with E-state index in [1.165, 1.54) is 12.1 Å². The molecule has 0 heterocycles. The lowest BCUT2D eigenvalue weighted by Crippen LogP contribution is -2.31. The Hall–Kier alpha value is -0.350. The zero-order chi connectivity index (χ0) is 12.5. The maximum atomic E-state index is 13.6. The number of aliphatic hydroxyl groups excluding tert-OH is 1. The van der Waals surface area contributed by atoms with Crippen molar-refractivity contribution in [2.45, 2.75) is 26.0 Å². The summed E-state index contributed by atoms with van der Waals surface area (Å²) >= 11 is 11.7. The smallest absolute Gasteiger partial charge is 0.129 e. The molecule has 0 bridgehead atoms. The second-order valence-corrected chi connectivity index (χ2v) is 4.80. The van der Waals surface area contributed by atoms with E-state index in [2.05, 4.69) is 0 Å². The van der Waals surface area contributed by atoms with Crippen LogP contribution in [0.15, 0.2) is 12.1 Å². The highest BCUT2D eigenvalue weighted by molar-refractivity contribution is 6.42. The third kappa shape index (κ3) is 2.66. The number of benzene rings is 1. The Kier molecular flexibility index (Phi) is 4.56. The van der Waals surface area contributed by atoms with E-state index >= 15 is 0 Å². The average molecular weight is 266 g/mol. The van der Waals surface area contributed by atoms with Crippen molar-refractivity contribution in [3.63, 3.8) is 0 Å². The van der Waals surface area contributed by atoms with Crippen LogP contribution < -0.4 is 5.73 Å². The minimum Gasteiger partial charge on any atom is -0.391 e. The van der Waals surface area contributed by atoms with Crippen LogP contribution in [-0.4, -0.2) is 11.2 Å². The standard InChI is InChI=1S/C11H14Cl2FNO/c1-5(2)11(16)10(15)8-7(14)4-3-6(12)9(8)13/h3-5,10-11,16H,15H2,1-2H3/t10-,11+/m0/s1. The molecule has 1 aromatic carbocycles. The molecule has 0 fully saturated rings. The molecule has 0 saturated carbocycles. The minimum absolute atomic E-state index is 0.0638. The lowest BCUT2D eigenvalue weighted by Gasteiger charge is -2.23. The largest absolute Gasteiger partial charge is 0.391 e. The van der Waals surface area contributed by atoms with Crippen LogP contribution in [0.25, 0.3) is 0 Å². The van der Waals surface area contributed by atoms with Crippen LogP contribution >= 0.6 is 23.2 Å². The molecule has 16 heavy (non-hydrogen) atoms. The van der Waals surface area contributed by atoms with Gasteiger partial charge in [0.1, 0.15) is 5.82 Å². The van der Waals surface area contributed by atoms with Gasteiger partial charge in [0.15, 0.2) is 0 Å². The molecule has 1 aromatic rings. The molecule has 0 amide bonds. The third-order valence-electron chi connectivity index (χ3n) is 2.46. The SMILES string of the molecule is CC(C)[C@@H](O)[C@@H](N)c1c(F)ccc(Cl)c1Cl. The van der Waals surface area contributed by atoms with Gasteiger partial charge in [-0.05, 0) is 18.1 Å². The van der Waals surface area contributed by atoms with Crippen LogP contribution in [0.3, 0.4) is 0 Å². The van der Waals surface area contributed by atoms with Gasteiger partial charge in [-0.1, -0.05) is 37.0 Å². The molecule has 0 radical (unpaired) electrons. The number of hydrogen-bond donors (Lipinski definition) is 2. The molecule has 0 aliphatic heterocycles. The molecular weight excluding hydrogens is 252 g/mol. The number of halogens is 3. The fourth-order valence-electron chi connectivity index (χ4n) is 1.43. The molecule has 90 valence electrons. The van der Waals surface area contributed by atoms with Gasteiger partial charge in [-0.15, -0.1) is 0 Å². The number of hydrogen-bond acceptors (Lipinski definition) is 2. The highest BCUT2D eigenvalue weighted by atomic mass is 35.5. The zero-order valence-corrected chi connectivity index (χ0v) is 10.6. The second kappa shape index (κ2) is 5.32. The van der Waals surface area contributed by atoms with Gasteiger partial charge in [0.2, 0.25) is 0 Å². The van der Waals surface area contributed by atoms with E-state index in [1.807, 2.05) is 0 Å². The van der Waals surface area contributed by atoms with Crippen molar-refractivity contribution < 1.29 is 9.50 Å². The number of rotatable bonds is 3. The molecule has 0 saturated heterocycles. The lowest BCUT2D eigenvalue weighted by molar-refractivity contribution is 0.0967. The minimum atomic E-state index is -0.883. The molecule has 2 nitrogen and oxygen atoms in total. The quantitative estimate of drug-likeness (QED) is 0.825. The lowest BCUT2D eigenvalue weighted by atomic mass is 9.94. The topological polar surface area (TPSA) is 46.2 Å². The third-order valence-corrected chi connectivity index (χ3v) is 3.28. The van der Waals surface area contributed by atoms with Crippen molar-refractivity contribution in [2.24, 2.45) is 11.7 Å². The molecular formula is C11H14Cl2FNO. The monoisotopic (exact) mass is 265 g/mol. The predicted molar refractivity (Wildman–Crippen MR) is 64.2 cm³/mol. The first-order chi connectivity index (χ1) is 7.36. The van der Waals surface area contributed by atoms with E-state index < -0.39 is 18.0 Å². The Morgan fingerprint density at radius 1 is 1.31 bits per heavy atom. The van der Waals surface area contributed by atoms with Crippen LogP contribution in [0.5, 0.6) is 0 Å². The summed E-state index contributed by atoms with van der Waals surface area (Å²) in [5, 5.41) is 10.1. The maximum absolute atomic E-state index is 13.6. The Balaban J connectivity index is 3.17. The summed E-state index contributed by atoms with van der Waals surface area (Å²) in [7, 11) is 0. The van der Waals surface area contributed by atoms with Crippen LogP contribution in [0.1, 0.15) is 25.5 Å². The van der Waals surface area contributed by atoms with Crippen molar-refractivity contribution >= 4 is 23.2 Å². The van der Waals surface area contributed by atoms with Gasteiger partial charge in [0.05, 0.1) is 22.2 Å². The van der Waals surface area contributed by atoms with Gasteiger partial charge >= 0.3 is 0 Å². The predicted octanol–water partition coefficient (Wildman–Crippen LogP) is 3.15. The molecule has 3 N–H and O–H groups in total. The van der Waals surface area contributed by atoms with E-state index in [0.29, 0.717) is 0 Å². The first kappa shape index (κ1) is 13.7. The number of aliphatic hydroxyl groups is 1. The van der Waals surface area contributed by atoms with E-state index in [0.717, 1.165) is 0 Å². The Labute approximate surface area is 104 Å². The van der Waals surface area contributed by atoms with Crippen molar-refractivity contribution in [3.05, 3.63) is 33.6 Å². The Bertz CT molecular complexity index is 384. The summed E-state index contributed by atoms with van der Waals surface area (Å²) in [6, 6.07) is 1.67. The first-order valence-electron chi connectivity index (χ1n) is 4.93. The Morgan fingerprint density at radius 3 is 2.38 bits per heavy atom. The van der Waals surface area contributed by atoms with Crippen LogP contribution in [-0.2, 0) is 0 Å². The summed E-state index contributed by atoms with van der Waals surface area (Å²) in [5.74, 6) is -0.647. The van der Waals surface area contributed by atoms with Gasteiger partial charge in [0.25, 0.3) is 0 Å². The molecule has 0 unspecified atom stereocenters. The fourth-order valence-corrected chi connectivity index (χ4v) is 1.88. The van der Waals surface area contributed by atoms with Crippen molar-refractivity contribution in [3.8, 4) is 0 Å². The van der Waals surface area contributed by atoms with Crippen molar-refractivity contribution in [2.75, 3.05) is 0 Å². The fraction of sp³-hybridized carbons (Fsp3) is 0.455. The molecule has 1 rings (SSSR count). The maximum Gasteiger partial charge on any atom is 0.129 e. The molecule has 0 spiro atoms. The van der Waals surface area contributed by atoms with Crippen LogP contribution in [0.2, 0.25) is 10.0 Å². The molecule has 0 aromatic heterocycles. The average Bonchev–Trinajstić information content (AvgIpc) is 2.22. The van der Waals surface area contributed by atoms with E-state index in [4.69, 9.17) is 28.9 Å². The van der Waals surface area contributed by atoms with E-state index in [-0.39, 0.29) is 21.5 Å². The summed E-state index contributed by atoms with van der Waals surface area (Å²) in [5.41, 5.74) is 5.84. The summed E-state index contributed by atoms with van der Waals surface area (Å²) in [6.45, 7) is 3.59. The summed E-state index contributed by atoms with van der Waals surface area (Å²) < 4.78 is 13.6. The summed E-state index contributed by atoms with van der Waals surface area (Å²) in [4.78, 5) is 0. The van der Waals surface area contributed by atoms with E-state index in [9.17, 15) is 9.50 Å². The first-order valence-corrected chi connectivity index (χ1v) is 5.69. The van der Waals surface area contributed by atoms with Gasteiger partial charge in [0, 0.05) is 5.56 Å². The highest BCUT2D eigenvalue weighted by Gasteiger charge is 2.26. The molecule has 0 aliphatic rings. The van der Waals surface area contributed by atoms with E-state index in [1.54, 1.807) is 13.8 Å². The molecule has 2 atom stereocenters. The normalized spacial score (nSPS) is 15.2. The van der Waals surface area contributed by atoms with Crippen LogP contribution in [0.4, 0.5) is 4.39 Å². The molecule has 5 heteroatoms. The van der Waals surface area contributed by atoms with Gasteiger partial charge < -0.3 is 10.8 Å². The zero-order valence-electron chi connectivity index (χ0n) is 9.05. The number of nitrogens with two attached hydrogens (primary N) is 1. The summed E-state index contributed by atoms with van der Waals surface area (Å²) in [6.07, 6.45) is -0.870. The molecule has 0 aliphatic carbocycles. The van der Waals surface area contributed by atoms with Gasteiger partial charge in [-0.2, -0.15) is 0 Å². The van der Waals surface area contributed by atoms with Gasteiger partial charge in [-0.3, -0.25) is 0 Å².